The Kier molecular flexibility index (Phi) is 4.43. The molecule has 0 fully saturated rings. The quantitative estimate of drug-likeness (QED) is 0.585. The van der Waals surface area contributed by atoms with E-state index in [1.807, 2.05) is 18.2 Å². The van der Waals surface area contributed by atoms with Gasteiger partial charge in [-0.1, -0.05) is 35.6 Å². The molecule has 0 aliphatic rings. The first-order valence-corrected chi connectivity index (χ1v) is 9.05. The molecule has 9 heteroatoms. The zero-order chi connectivity index (χ0) is 18.8. The number of aryl methyl sites for hydroxylation is 1. The maximum absolute atomic E-state index is 12.8. The molecule has 1 amide bonds. The summed E-state index contributed by atoms with van der Waals surface area (Å²) >= 11 is 1.21. The summed E-state index contributed by atoms with van der Waals surface area (Å²) in [5.74, 6) is -0.447. The van der Waals surface area contributed by atoms with Crippen LogP contribution in [0.3, 0.4) is 0 Å². The Morgan fingerprint density at radius 1 is 1.11 bits per heavy atom. The van der Waals surface area contributed by atoms with E-state index < -0.39 is 5.91 Å². The Bertz CT molecular complexity index is 1190. The fourth-order valence-electron chi connectivity index (χ4n) is 2.64. The van der Waals surface area contributed by atoms with Gasteiger partial charge in [0.05, 0.1) is 5.39 Å². The molecule has 4 aromatic rings. The molecule has 0 saturated heterocycles. The minimum absolute atomic E-state index is 0.168. The van der Waals surface area contributed by atoms with Gasteiger partial charge in [0.25, 0.3) is 11.5 Å². The molecule has 0 saturated carbocycles. The lowest BCUT2D eigenvalue weighted by molar-refractivity contribution is 0.102. The molecule has 3 aromatic heterocycles. The number of carbonyl (C=O) groups is 1. The fraction of sp³-hybridized carbons (Fsp3) is 0.111. The Hall–Kier alpha value is -3.46. The molecule has 0 unspecified atom stereocenters. The number of nitrogens with one attached hydrogen (secondary N) is 1. The van der Waals surface area contributed by atoms with Crippen molar-refractivity contribution in [1.82, 2.24) is 25.0 Å². The van der Waals surface area contributed by atoms with E-state index >= 15 is 0 Å². The highest BCUT2D eigenvalue weighted by molar-refractivity contribution is 7.18. The molecule has 0 aliphatic heterocycles. The van der Waals surface area contributed by atoms with Gasteiger partial charge in [0.1, 0.15) is 5.69 Å². The molecule has 0 radical (unpaired) electrons. The lowest BCUT2D eigenvalue weighted by Crippen LogP contribution is -2.27. The number of carbonyl (C=O) groups excluding carboxylic acids is 1. The van der Waals surface area contributed by atoms with E-state index in [2.05, 4.69) is 25.6 Å². The third-order valence-electron chi connectivity index (χ3n) is 3.91. The first-order chi connectivity index (χ1) is 13.2. The number of hydrogen-bond donors (Lipinski definition) is 1. The first-order valence-electron chi connectivity index (χ1n) is 8.23. The van der Waals surface area contributed by atoms with Gasteiger partial charge in [-0.2, -0.15) is 5.10 Å². The molecular weight excluding hydrogens is 364 g/mol. The van der Waals surface area contributed by atoms with Crippen molar-refractivity contribution in [3.8, 4) is 10.7 Å². The molecular formula is C18H14N6O2S. The van der Waals surface area contributed by atoms with Crippen molar-refractivity contribution in [2.75, 3.05) is 5.32 Å². The molecule has 0 bridgehead atoms. The molecule has 0 spiro atoms. The lowest BCUT2D eigenvalue weighted by Gasteiger charge is -2.08. The van der Waals surface area contributed by atoms with Crippen LogP contribution >= 0.6 is 11.3 Å². The van der Waals surface area contributed by atoms with Crippen molar-refractivity contribution < 1.29 is 4.79 Å². The van der Waals surface area contributed by atoms with Crippen LogP contribution in [0.5, 0.6) is 0 Å². The van der Waals surface area contributed by atoms with E-state index in [1.165, 1.54) is 16.0 Å². The second-order valence-electron chi connectivity index (χ2n) is 5.60. The summed E-state index contributed by atoms with van der Waals surface area (Å²) in [7, 11) is 0. The van der Waals surface area contributed by atoms with E-state index in [0.717, 1.165) is 0 Å². The number of rotatable bonds is 4. The van der Waals surface area contributed by atoms with Crippen molar-refractivity contribution in [2.24, 2.45) is 0 Å². The monoisotopic (exact) mass is 378 g/mol. The van der Waals surface area contributed by atoms with Crippen LogP contribution in [-0.4, -0.2) is 30.9 Å². The highest BCUT2D eigenvalue weighted by Crippen LogP contribution is 2.25. The van der Waals surface area contributed by atoms with Gasteiger partial charge in [-0.3, -0.25) is 19.9 Å². The number of anilines is 1. The van der Waals surface area contributed by atoms with Crippen LogP contribution in [-0.2, 0) is 6.54 Å². The maximum atomic E-state index is 12.8. The predicted octanol–water partition coefficient (Wildman–Crippen LogP) is 2.58. The Balaban J connectivity index is 1.69. The van der Waals surface area contributed by atoms with Crippen molar-refractivity contribution in [2.45, 2.75) is 13.5 Å². The van der Waals surface area contributed by atoms with Gasteiger partial charge in [-0.05, 0) is 25.1 Å². The smallest absolute Gasteiger partial charge is 0.278 e. The van der Waals surface area contributed by atoms with Crippen LogP contribution in [0.15, 0.2) is 53.5 Å². The third kappa shape index (κ3) is 3.20. The molecule has 1 aromatic carbocycles. The van der Waals surface area contributed by atoms with Gasteiger partial charge >= 0.3 is 0 Å². The van der Waals surface area contributed by atoms with E-state index in [1.54, 1.807) is 37.4 Å². The van der Waals surface area contributed by atoms with E-state index in [4.69, 9.17) is 0 Å². The van der Waals surface area contributed by atoms with Crippen LogP contribution in [0.1, 0.15) is 17.4 Å². The summed E-state index contributed by atoms with van der Waals surface area (Å²) in [4.78, 5) is 29.4. The normalized spacial score (nSPS) is 10.9. The van der Waals surface area contributed by atoms with Crippen LogP contribution < -0.4 is 10.9 Å². The van der Waals surface area contributed by atoms with Crippen molar-refractivity contribution in [3.63, 3.8) is 0 Å². The number of pyridine rings is 1. The summed E-state index contributed by atoms with van der Waals surface area (Å²) in [5.41, 5.74) is 0.623. The SMILES string of the molecule is CCn1nc(C(=O)Nc2nnc(-c3ccccn3)s2)c2ccccc2c1=O. The molecule has 8 nitrogen and oxygen atoms in total. The van der Waals surface area contributed by atoms with Crippen LogP contribution in [0, 0.1) is 0 Å². The summed E-state index contributed by atoms with van der Waals surface area (Å²) in [6.07, 6.45) is 1.67. The highest BCUT2D eigenvalue weighted by Gasteiger charge is 2.18. The summed E-state index contributed by atoms with van der Waals surface area (Å²) in [6, 6.07) is 12.4. The molecule has 4 rings (SSSR count). The molecule has 0 atom stereocenters. The molecule has 27 heavy (non-hydrogen) atoms. The van der Waals surface area contributed by atoms with Gasteiger partial charge < -0.3 is 0 Å². The highest BCUT2D eigenvalue weighted by atomic mass is 32.1. The van der Waals surface area contributed by atoms with E-state index in [9.17, 15) is 9.59 Å². The summed E-state index contributed by atoms with van der Waals surface area (Å²) < 4.78 is 1.27. The van der Waals surface area contributed by atoms with Crippen LogP contribution in [0.4, 0.5) is 5.13 Å². The number of nitrogens with zero attached hydrogens (tertiary/aromatic N) is 5. The van der Waals surface area contributed by atoms with Crippen molar-refractivity contribution >= 4 is 33.1 Å². The predicted molar refractivity (Wildman–Crippen MR) is 103 cm³/mol. The van der Waals surface area contributed by atoms with Gasteiger partial charge in [0.2, 0.25) is 5.13 Å². The standard InChI is InChI=1S/C18H14N6O2S/c1-2-24-17(26)12-8-4-3-7-11(12)14(23-24)15(25)20-18-22-21-16(27-18)13-9-5-6-10-19-13/h3-10H,2H2,1H3,(H,20,22,25). The lowest BCUT2D eigenvalue weighted by atomic mass is 10.1. The number of fused-ring (bicyclic) bond motifs is 1. The topological polar surface area (TPSA) is 103 Å². The van der Waals surface area contributed by atoms with Gasteiger partial charge in [-0.15, -0.1) is 10.2 Å². The zero-order valence-electron chi connectivity index (χ0n) is 14.3. The molecule has 134 valence electrons. The fourth-order valence-corrected chi connectivity index (χ4v) is 3.36. The average Bonchev–Trinajstić information content (AvgIpc) is 3.17. The van der Waals surface area contributed by atoms with Crippen molar-refractivity contribution in [3.05, 3.63) is 64.7 Å². The largest absolute Gasteiger partial charge is 0.295 e. The Morgan fingerprint density at radius 2 is 1.89 bits per heavy atom. The Labute approximate surface area is 157 Å². The molecule has 1 N–H and O–H groups in total. The molecule has 0 aliphatic carbocycles. The number of aromatic nitrogens is 5. The van der Waals surface area contributed by atoms with Crippen LogP contribution in [0.2, 0.25) is 0 Å². The van der Waals surface area contributed by atoms with Gasteiger partial charge in [0, 0.05) is 18.1 Å². The summed E-state index contributed by atoms with van der Waals surface area (Å²) in [5, 5.41) is 16.9. The number of amides is 1. The minimum atomic E-state index is -0.447. The number of benzene rings is 1. The second-order valence-corrected chi connectivity index (χ2v) is 6.57. The van der Waals surface area contributed by atoms with Gasteiger partial charge in [0.15, 0.2) is 10.7 Å². The van der Waals surface area contributed by atoms with E-state index in [-0.39, 0.29) is 11.3 Å². The minimum Gasteiger partial charge on any atom is -0.295 e. The Morgan fingerprint density at radius 3 is 2.63 bits per heavy atom. The number of hydrogen-bond acceptors (Lipinski definition) is 7. The first kappa shape index (κ1) is 17.0. The third-order valence-corrected chi connectivity index (χ3v) is 4.77. The van der Waals surface area contributed by atoms with Crippen molar-refractivity contribution in [1.29, 1.82) is 0 Å². The van der Waals surface area contributed by atoms with Crippen LogP contribution in [0.25, 0.3) is 21.5 Å². The van der Waals surface area contributed by atoms with E-state index in [0.29, 0.717) is 33.2 Å². The molecule has 3 heterocycles. The zero-order valence-corrected chi connectivity index (χ0v) is 15.1. The van der Waals surface area contributed by atoms with Gasteiger partial charge in [-0.25, -0.2) is 4.68 Å². The average molecular weight is 378 g/mol. The second kappa shape index (κ2) is 7.04. The summed E-state index contributed by atoms with van der Waals surface area (Å²) in [6.45, 7) is 2.17. The maximum Gasteiger partial charge on any atom is 0.278 e.